The molecule has 0 aliphatic carbocycles. The Morgan fingerprint density at radius 3 is 2.39 bits per heavy atom. The van der Waals surface area contributed by atoms with Gasteiger partial charge in [0.25, 0.3) is 0 Å². The van der Waals surface area contributed by atoms with Gasteiger partial charge in [-0.3, -0.25) is 0 Å². The van der Waals surface area contributed by atoms with Crippen molar-refractivity contribution in [3.63, 3.8) is 0 Å². The van der Waals surface area contributed by atoms with E-state index in [2.05, 4.69) is 9.88 Å². The molecule has 0 atom stereocenters. The Labute approximate surface area is 220 Å². The van der Waals surface area contributed by atoms with Crippen LogP contribution in [0.5, 0.6) is 5.75 Å². The molecule has 0 fully saturated rings. The number of carboxylic acids is 1. The van der Waals surface area contributed by atoms with Crippen molar-refractivity contribution < 1.29 is 19.0 Å². The summed E-state index contributed by atoms with van der Waals surface area (Å²) < 4.78 is 19.8. The maximum atomic E-state index is 13.8. The number of carbonyl (C=O) groups is 1. The Morgan fingerprint density at radius 2 is 1.63 bits per heavy atom. The van der Waals surface area contributed by atoms with Crippen LogP contribution in [0.25, 0.3) is 10.9 Å². The van der Waals surface area contributed by atoms with Gasteiger partial charge in [0, 0.05) is 24.2 Å². The molecular weight excluding hydrogens is 479 g/mol. The monoisotopic (exact) mass is 506 g/mol. The highest BCUT2D eigenvalue weighted by atomic mass is 19.1. The van der Waals surface area contributed by atoms with Gasteiger partial charge in [0.1, 0.15) is 18.2 Å². The van der Waals surface area contributed by atoms with E-state index >= 15 is 0 Å². The normalized spacial score (nSPS) is 10.9. The fourth-order valence-corrected chi connectivity index (χ4v) is 4.33. The van der Waals surface area contributed by atoms with Crippen molar-refractivity contribution in [2.75, 3.05) is 11.4 Å². The molecule has 0 radical (unpaired) electrons. The maximum Gasteiger partial charge on any atom is 0.335 e. The van der Waals surface area contributed by atoms with Crippen LogP contribution >= 0.6 is 0 Å². The van der Waals surface area contributed by atoms with E-state index in [4.69, 9.17) is 9.84 Å². The number of hydrogen-bond acceptors (Lipinski definition) is 4. The van der Waals surface area contributed by atoms with Gasteiger partial charge in [-0.05, 0) is 78.2 Å². The number of ether oxygens (including phenoxy) is 1. The average molecular weight is 507 g/mol. The second-order valence-corrected chi connectivity index (χ2v) is 9.08. The Kier molecular flexibility index (Phi) is 7.59. The summed E-state index contributed by atoms with van der Waals surface area (Å²) in [5, 5.41) is 10.2. The summed E-state index contributed by atoms with van der Waals surface area (Å²) in [6.07, 6.45) is 0.709. The van der Waals surface area contributed by atoms with E-state index < -0.39 is 5.97 Å². The molecular formula is C32H27FN2O3. The SMILES string of the molecule is O=C(O)c1ccc(CCN(Cc2cccc(F)c2)c2ccc(OCc3ccc4ccccc4n3)cc2)cc1. The van der Waals surface area contributed by atoms with Crippen molar-refractivity contribution in [1.29, 1.82) is 0 Å². The van der Waals surface area contributed by atoms with Crippen LogP contribution in [0.1, 0.15) is 27.2 Å². The third kappa shape index (κ3) is 6.34. The van der Waals surface area contributed by atoms with E-state index in [0.717, 1.165) is 39.2 Å². The summed E-state index contributed by atoms with van der Waals surface area (Å²) in [6.45, 7) is 1.57. The smallest absolute Gasteiger partial charge is 0.335 e. The van der Waals surface area contributed by atoms with Crippen molar-refractivity contribution >= 4 is 22.6 Å². The number of aromatic carboxylic acids is 1. The second kappa shape index (κ2) is 11.6. The summed E-state index contributed by atoms with van der Waals surface area (Å²) in [5.41, 5.74) is 4.94. The number of nitrogens with zero attached hydrogens (tertiary/aromatic N) is 2. The molecule has 5 rings (SSSR count). The summed E-state index contributed by atoms with van der Waals surface area (Å²) >= 11 is 0. The van der Waals surface area contributed by atoms with Crippen LogP contribution in [0.3, 0.4) is 0 Å². The first-order chi connectivity index (χ1) is 18.5. The Hall–Kier alpha value is -4.71. The third-order valence-corrected chi connectivity index (χ3v) is 6.38. The number of rotatable bonds is 10. The van der Waals surface area contributed by atoms with Crippen LogP contribution < -0.4 is 9.64 Å². The lowest BCUT2D eigenvalue weighted by Gasteiger charge is -2.25. The minimum atomic E-state index is -0.942. The van der Waals surface area contributed by atoms with E-state index in [9.17, 15) is 9.18 Å². The molecule has 1 N–H and O–H groups in total. The van der Waals surface area contributed by atoms with Gasteiger partial charge in [0.05, 0.1) is 16.8 Å². The zero-order valence-electron chi connectivity index (χ0n) is 20.8. The first kappa shape index (κ1) is 25.0. The predicted octanol–water partition coefficient (Wildman–Crippen LogP) is 6.90. The van der Waals surface area contributed by atoms with Crippen LogP contribution in [0.15, 0.2) is 109 Å². The zero-order chi connectivity index (χ0) is 26.3. The molecule has 0 aliphatic rings. The number of benzene rings is 4. The van der Waals surface area contributed by atoms with Crippen LogP contribution in [0, 0.1) is 5.82 Å². The summed E-state index contributed by atoms with van der Waals surface area (Å²) in [4.78, 5) is 18.0. The first-order valence-electron chi connectivity index (χ1n) is 12.4. The van der Waals surface area contributed by atoms with Crippen molar-refractivity contribution in [1.82, 2.24) is 4.98 Å². The number of halogens is 1. The molecule has 0 unspecified atom stereocenters. The van der Waals surface area contributed by atoms with E-state index in [1.165, 1.54) is 6.07 Å². The highest BCUT2D eigenvalue weighted by Crippen LogP contribution is 2.23. The quantitative estimate of drug-likeness (QED) is 0.223. The van der Waals surface area contributed by atoms with Gasteiger partial charge in [-0.2, -0.15) is 0 Å². The number of aromatic nitrogens is 1. The third-order valence-electron chi connectivity index (χ3n) is 6.38. The van der Waals surface area contributed by atoms with Gasteiger partial charge < -0.3 is 14.7 Å². The summed E-state index contributed by atoms with van der Waals surface area (Å²) in [5.74, 6) is -0.473. The molecule has 1 aromatic heterocycles. The summed E-state index contributed by atoms with van der Waals surface area (Å²) in [7, 11) is 0. The average Bonchev–Trinajstić information content (AvgIpc) is 2.94. The van der Waals surface area contributed by atoms with Crippen molar-refractivity contribution in [3.8, 4) is 5.75 Å². The van der Waals surface area contributed by atoms with Crippen molar-refractivity contribution in [2.24, 2.45) is 0 Å². The van der Waals surface area contributed by atoms with Gasteiger partial charge in [-0.25, -0.2) is 14.2 Å². The van der Waals surface area contributed by atoms with Gasteiger partial charge in [-0.15, -0.1) is 0 Å². The number of fused-ring (bicyclic) bond motifs is 1. The molecule has 5 aromatic rings. The predicted molar refractivity (Wildman–Crippen MR) is 147 cm³/mol. The standard InChI is InChI=1S/C32H27FN2O3/c33-27-6-3-4-24(20-27)21-35(19-18-23-8-10-26(11-9-23)32(36)37)29-14-16-30(17-15-29)38-22-28-13-12-25-5-1-2-7-31(25)34-28/h1-17,20H,18-19,21-22H2,(H,36,37). The van der Waals surface area contributed by atoms with Gasteiger partial charge in [-0.1, -0.05) is 48.5 Å². The van der Waals surface area contributed by atoms with Crippen molar-refractivity contribution in [3.05, 3.63) is 137 Å². The fraction of sp³-hybridized carbons (Fsp3) is 0.125. The lowest BCUT2D eigenvalue weighted by molar-refractivity contribution is 0.0697. The minimum Gasteiger partial charge on any atom is -0.487 e. The van der Waals surface area contributed by atoms with E-state index in [0.29, 0.717) is 26.1 Å². The Morgan fingerprint density at radius 1 is 0.842 bits per heavy atom. The van der Waals surface area contributed by atoms with Crippen LogP contribution in [-0.2, 0) is 19.6 Å². The van der Waals surface area contributed by atoms with E-state index in [1.54, 1.807) is 24.3 Å². The first-order valence-corrected chi connectivity index (χ1v) is 12.4. The van der Waals surface area contributed by atoms with Crippen molar-refractivity contribution in [2.45, 2.75) is 19.6 Å². The highest BCUT2D eigenvalue weighted by molar-refractivity contribution is 5.87. The molecule has 38 heavy (non-hydrogen) atoms. The Bertz CT molecular complexity index is 1540. The second-order valence-electron chi connectivity index (χ2n) is 9.08. The molecule has 0 spiro atoms. The van der Waals surface area contributed by atoms with Gasteiger partial charge in [0.15, 0.2) is 0 Å². The molecule has 0 saturated carbocycles. The summed E-state index contributed by atoms with van der Waals surface area (Å²) in [6, 6.07) is 33.4. The largest absolute Gasteiger partial charge is 0.487 e. The molecule has 0 aliphatic heterocycles. The zero-order valence-corrected chi connectivity index (χ0v) is 20.8. The van der Waals surface area contributed by atoms with E-state index in [1.807, 2.05) is 78.9 Å². The van der Waals surface area contributed by atoms with Crippen LogP contribution in [0.2, 0.25) is 0 Å². The number of hydrogen-bond donors (Lipinski definition) is 1. The lowest BCUT2D eigenvalue weighted by atomic mass is 10.1. The van der Waals surface area contributed by atoms with Crippen LogP contribution in [-0.4, -0.2) is 22.6 Å². The number of anilines is 1. The molecule has 1 heterocycles. The molecule has 0 bridgehead atoms. The molecule has 4 aromatic carbocycles. The lowest BCUT2D eigenvalue weighted by Crippen LogP contribution is -2.25. The Balaban J connectivity index is 1.28. The van der Waals surface area contributed by atoms with Crippen LogP contribution in [0.4, 0.5) is 10.1 Å². The molecule has 0 saturated heterocycles. The van der Waals surface area contributed by atoms with E-state index in [-0.39, 0.29) is 11.4 Å². The topological polar surface area (TPSA) is 62.7 Å². The number of carboxylic acid groups (broad SMARTS) is 1. The molecule has 5 nitrogen and oxygen atoms in total. The minimum absolute atomic E-state index is 0.264. The molecule has 0 amide bonds. The highest BCUT2D eigenvalue weighted by Gasteiger charge is 2.11. The van der Waals surface area contributed by atoms with Gasteiger partial charge in [0.2, 0.25) is 0 Å². The maximum absolute atomic E-state index is 13.8. The number of pyridine rings is 1. The molecule has 6 heteroatoms. The number of para-hydroxylation sites is 1. The fourth-order valence-electron chi connectivity index (χ4n) is 4.33. The molecule has 190 valence electrons. The van der Waals surface area contributed by atoms with Gasteiger partial charge >= 0.3 is 5.97 Å².